The van der Waals surface area contributed by atoms with Crippen LogP contribution in [0.5, 0.6) is 0 Å². The number of aliphatic hydroxyl groups is 8. The Kier molecular flexibility index (Phi) is 38.2. The zero-order valence-electron chi connectivity index (χ0n) is 38.2. The van der Waals surface area contributed by atoms with Gasteiger partial charge in [0.05, 0.1) is 143 Å². The van der Waals surface area contributed by atoms with Crippen LogP contribution in [0.25, 0.3) is 0 Å². The maximum atomic E-state index is 14.2. The smallest absolute Gasteiger partial charge is 0.379 e. The SMILES string of the molecule is OCCCOCC(COCCCO)(COC(F)(F)CCO)COC(F)(F)CCO.OCCOCC(F)(F)OCC(COCC(F)(F)OCCO)(COCC(F)(F)OCCO)COC(F)(F)COCCO. The Morgan fingerprint density at radius 2 is 0.486 bits per heavy atom. The molecule has 0 rings (SSSR count). The van der Waals surface area contributed by atoms with Crippen LogP contribution in [-0.4, -0.2) is 249 Å². The molecule has 0 unspecified atom stereocenters. The van der Waals surface area contributed by atoms with E-state index in [2.05, 4.69) is 37.9 Å². The van der Waals surface area contributed by atoms with Gasteiger partial charge in [0.1, 0.15) is 26.4 Å². The van der Waals surface area contributed by atoms with Gasteiger partial charge in [0.2, 0.25) is 0 Å². The van der Waals surface area contributed by atoms with Gasteiger partial charge in [0.25, 0.3) is 0 Å². The van der Waals surface area contributed by atoms with Gasteiger partial charge in [-0.2, -0.15) is 52.7 Å². The van der Waals surface area contributed by atoms with Crippen LogP contribution in [0.4, 0.5) is 52.7 Å². The van der Waals surface area contributed by atoms with E-state index in [1.165, 1.54) is 0 Å². The third-order valence-electron chi connectivity index (χ3n) is 8.05. The summed E-state index contributed by atoms with van der Waals surface area (Å²) in [5, 5.41) is 69.6. The lowest BCUT2D eigenvalue weighted by Crippen LogP contribution is -2.48. The Hall–Kier alpha value is -1.64. The van der Waals surface area contributed by atoms with Crippen molar-refractivity contribution in [3.8, 4) is 0 Å². The van der Waals surface area contributed by atoms with Crippen LogP contribution in [0.2, 0.25) is 0 Å². The van der Waals surface area contributed by atoms with Crippen molar-refractivity contribution < 1.29 is 150 Å². The Labute approximate surface area is 395 Å². The topological polar surface area (TPSA) is 273 Å². The lowest BCUT2D eigenvalue weighted by atomic mass is 9.92. The Morgan fingerprint density at radius 1 is 0.229 bits per heavy atom. The molecule has 0 aliphatic heterocycles. The third-order valence-corrected chi connectivity index (χ3v) is 8.05. The highest BCUT2D eigenvalue weighted by molar-refractivity contribution is 4.83. The molecule has 424 valence electrons. The van der Waals surface area contributed by atoms with Crippen molar-refractivity contribution in [2.24, 2.45) is 10.8 Å². The molecule has 0 aliphatic carbocycles. The molecule has 20 nitrogen and oxygen atoms in total. The van der Waals surface area contributed by atoms with E-state index in [9.17, 15) is 52.7 Å². The second kappa shape index (κ2) is 38.0. The van der Waals surface area contributed by atoms with Crippen molar-refractivity contribution in [1.29, 1.82) is 0 Å². The van der Waals surface area contributed by atoms with Crippen LogP contribution < -0.4 is 0 Å². The second-order valence-corrected chi connectivity index (χ2v) is 14.9. The molecule has 0 spiro atoms. The molecule has 32 heteroatoms. The first-order chi connectivity index (χ1) is 32.7. The number of rotatable bonds is 48. The predicted octanol–water partition coefficient (Wildman–Crippen LogP) is 1.20. The van der Waals surface area contributed by atoms with Gasteiger partial charge in [-0.25, -0.2) is 0 Å². The number of hydrogen-bond donors (Lipinski definition) is 8. The monoisotopic (exact) mass is 1070 g/mol. The van der Waals surface area contributed by atoms with Gasteiger partial charge < -0.3 is 97.7 Å². The van der Waals surface area contributed by atoms with Crippen LogP contribution in [-0.2, 0) is 56.8 Å². The normalized spacial score (nSPS) is 13.5. The second-order valence-electron chi connectivity index (χ2n) is 14.9. The molecule has 0 saturated carbocycles. The predicted molar refractivity (Wildman–Crippen MR) is 210 cm³/mol. The number of hydrogen-bond acceptors (Lipinski definition) is 20. The van der Waals surface area contributed by atoms with E-state index in [-0.39, 0.29) is 52.5 Å². The summed E-state index contributed by atoms with van der Waals surface area (Å²) < 4.78 is 222. The minimum Gasteiger partial charge on any atom is -0.396 e. The number of aliphatic hydroxyl groups excluding tert-OH is 8. The number of halogens is 12. The van der Waals surface area contributed by atoms with Crippen LogP contribution >= 0.6 is 0 Å². The first kappa shape index (κ1) is 70.4. The highest BCUT2D eigenvalue weighted by Crippen LogP contribution is 2.32. The molecule has 0 bridgehead atoms. The molecule has 0 heterocycles. The summed E-state index contributed by atoms with van der Waals surface area (Å²) in [4.78, 5) is 0. The van der Waals surface area contributed by atoms with Crippen molar-refractivity contribution >= 4 is 0 Å². The summed E-state index contributed by atoms with van der Waals surface area (Å²) in [6.45, 7) is -21.1. The van der Waals surface area contributed by atoms with Crippen LogP contribution in [0.3, 0.4) is 0 Å². The molecule has 0 aromatic heterocycles. The van der Waals surface area contributed by atoms with E-state index in [4.69, 9.17) is 59.8 Å². The van der Waals surface area contributed by atoms with Crippen molar-refractivity contribution in [1.82, 2.24) is 0 Å². The van der Waals surface area contributed by atoms with Gasteiger partial charge in [-0.3, -0.25) is 0 Å². The molecule has 0 radical (unpaired) electrons. The average Bonchev–Trinajstić information content (AvgIpc) is 3.28. The molecule has 0 amide bonds. The molecule has 70 heavy (non-hydrogen) atoms. The average molecular weight is 1070 g/mol. The van der Waals surface area contributed by atoms with Crippen LogP contribution in [0, 0.1) is 10.8 Å². The lowest BCUT2D eigenvalue weighted by Gasteiger charge is -2.35. The van der Waals surface area contributed by atoms with Gasteiger partial charge in [0.15, 0.2) is 0 Å². The fraction of sp³-hybridized carbons (Fsp3) is 1.00. The third kappa shape index (κ3) is 38.0. The van der Waals surface area contributed by atoms with E-state index in [1.807, 2.05) is 0 Å². The summed E-state index contributed by atoms with van der Waals surface area (Å²) >= 11 is 0. The molecular weight excluding hydrogens is 1000 g/mol. The van der Waals surface area contributed by atoms with E-state index < -0.39 is 192 Å². The highest BCUT2D eigenvalue weighted by atomic mass is 19.3. The quantitative estimate of drug-likeness (QED) is 0.0314. The highest BCUT2D eigenvalue weighted by Gasteiger charge is 2.45. The van der Waals surface area contributed by atoms with Gasteiger partial charge in [-0.1, -0.05) is 0 Å². The summed E-state index contributed by atoms with van der Waals surface area (Å²) in [5.41, 5.74) is -3.97. The summed E-state index contributed by atoms with van der Waals surface area (Å²) in [6, 6.07) is 0. The summed E-state index contributed by atoms with van der Waals surface area (Å²) in [5.74, 6) is 0. The standard InChI is InChI=1S/C21H36F8O12.C17H32F4O8/c22-18(23,38-7-3-32)15-36-9-17(10-37-16-19(24,25)39-8-4-33,11-40-20(26,27)13-34-5-1-30)12-41-21(28,29)14-35-6-2-31;18-16(19,3-7-24)28-13-15(11-26-9-1-5-22,12-27-10-2-6-23)14-29-17(20,21)4-8-25/h30-33H,1-16H2;22-25H,1-14H2. The molecular formula is C38H68F12O20. The first-order valence-electron chi connectivity index (χ1n) is 21.2. The summed E-state index contributed by atoms with van der Waals surface area (Å²) in [6.07, 6.45) is -25.3. The fourth-order valence-electron chi connectivity index (χ4n) is 4.69. The fourth-order valence-corrected chi connectivity index (χ4v) is 4.69. The van der Waals surface area contributed by atoms with Gasteiger partial charge >= 0.3 is 36.7 Å². The number of alkyl halides is 12. The lowest BCUT2D eigenvalue weighted by molar-refractivity contribution is -0.316. The number of ether oxygens (including phenoxy) is 12. The van der Waals surface area contributed by atoms with E-state index in [0.717, 1.165) is 0 Å². The molecule has 8 N–H and O–H groups in total. The van der Waals surface area contributed by atoms with Crippen molar-refractivity contribution in [2.75, 3.05) is 172 Å². The Balaban J connectivity index is 0. The maximum Gasteiger partial charge on any atom is 0.379 e. The largest absolute Gasteiger partial charge is 0.396 e. The first-order valence-corrected chi connectivity index (χ1v) is 21.2. The van der Waals surface area contributed by atoms with Crippen LogP contribution in [0.15, 0.2) is 0 Å². The molecule has 0 aliphatic rings. The van der Waals surface area contributed by atoms with Gasteiger partial charge in [-0.05, 0) is 12.8 Å². The zero-order chi connectivity index (χ0) is 53.7. The van der Waals surface area contributed by atoms with Gasteiger partial charge in [0, 0.05) is 26.4 Å². The Morgan fingerprint density at radius 3 is 0.771 bits per heavy atom. The molecule has 0 aromatic rings. The van der Waals surface area contributed by atoms with E-state index in [0.29, 0.717) is 0 Å². The van der Waals surface area contributed by atoms with Crippen molar-refractivity contribution in [3.63, 3.8) is 0 Å². The van der Waals surface area contributed by atoms with E-state index in [1.54, 1.807) is 0 Å². The molecule has 0 atom stereocenters. The van der Waals surface area contributed by atoms with E-state index >= 15 is 0 Å². The molecule has 0 fully saturated rings. The molecule has 0 saturated heterocycles. The maximum absolute atomic E-state index is 14.2. The van der Waals surface area contributed by atoms with Crippen molar-refractivity contribution in [3.05, 3.63) is 0 Å². The van der Waals surface area contributed by atoms with Crippen LogP contribution in [0.1, 0.15) is 25.7 Å². The molecule has 0 aromatic carbocycles. The van der Waals surface area contributed by atoms with Gasteiger partial charge in [-0.15, -0.1) is 0 Å². The minimum absolute atomic E-state index is 0.0367. The minimum atomic E-state index is -4.16. The Bertz CT molecular complexity index is 1150. The summed E-state index contributed by atoms with van der Waals surface area (Å²) in [7, 11) is 0. The van der Waals surface area contributed by atoms with Crippen molar-refractivity contribution in [2.45, 2.75) is 62.3 Å². The zero-order valence-corrected chi connectivity index (χ0v) is 38.2.